The largest absolute Gasteiger partial charge is 0.464 e. The Morgan fingerprint density at radius 1 is 1.77 bits per heavy atom. The number of hydrogen-bond donors (Lipinski definition) is 0. The Hall–Kier alpha value is -1.08. The van der Waals surface area contributed by atoms with Gasteiger partial charge in [0.15, 0.2) is 0 Å². The molecule has 0 fully saturated rings. The van der Waals surface area contributed by atoms with Crippen LogP contribution in [0.4, 0.5) is 0 Å². The van der Waals surface area contributed by atoms with Crippen LogP contribution in [0.2, 0.25) is 0 Å². The van der Waals surface area contributed by atoms with Gasteiger partial charge in [-0.2, -0.15) is 5.26 Å². The highest BCUT2D eigenvalue weighted by Gasteiger charge is 2.37. The van der Waals surface area contributed by atoms with Gasteiger partial charge >= 0.3 is 5.97 Å². The fourth-order valence-electron chi connectivity index (χ4n) is 0.707. The maximum atomic E-state index is 11.1. The van der Waals surface area contributed by atoms with Crippen LogP contribution in [0.5, 0.6) is 0 Å². The smallest absolute Gasteiger partial charge is 0.341 e. The van der Waals surface area contributed by atoms with E-state index in [0.29, 0.717) is 6.29 Å². The Kier molecular flexibility index (Phi) is 5.09. The number of halogens is 1. The van der Waals surface area contributed by atoms with Gasteiger partial charge in [0.2, 0.25) is 4.87 Å². The van der Waals surface area contributed by atoms with E-state index in [4.69, 9.17) is 16.9 Å². The third-order valence-electron chi connectivity index (χ3n) is 1.38. The summed E-state index contributed by atoms with van der Waals surface area (Å²) in [6.45, 7) is 1.78. The van der Waals surface area contributed by atoms with E-state index in [1.54, 1.807) is 13.0 Å². The van der Waals surface area contributed by atoms with E-state index < -0.39 is 10.8 Å². The number of carbonyl (C=O) groups is 2. The number of esters is 1. The molecule has 0 aromatic heterocycles. The van der Waals surface area contributed by atoms with Gasteiger partial charge < -0.3 is 9.53 Å². The van der Waals surface area contributed by atoms with Crippen molar-refractivity contribution in [2.75, 3.05) is 6.61 Å². The maximum absolute atomic E-state index is 11.1. The second kappa shape index (κ2) is 5.55. The van der Waals surface area contributed by atoms with Crippen molar-refractivity contribution in [1.29, 1.82) is 5.26 Å². The van der Waals surface area contributed by atoms with Gasteiger partial charge in [-0.15, -0.1) is 0 Å². The number of nitrogens with zero attached hydrogens (tertiary/aromatic N) is 1. The highest BCUT2D eigenvalue weighted by atomic mass is 35.5. The highest BCUT2D eigenvalue weighted by molar-refractivity contribution is 6.36. The molecule has 5 heteroatoms. The summed E-state index contributed by atoms with van der Waals surface area (Å²) >= 11 is 5.64. The fourth-order valence-corrected chi connectivity index (χ4v) is 0.871. The van der Waals surface area contributed by atoms with Gasteiger partial charge in [0, 0.05) is 6.42 Å². The predicted octanol–water partition coefficient (Wildman–Crippen LogP) is 1.03. The number of nitriles is 1. The second-order valence-electron chi connectivity index (χ2n) is 2.34. The molecule has 0 radical (unpaired) electrons. The molecule has 0 aromatic rings. The van der Waals surface area contributed by atoms with Crippen LogP contribution in [0, 0.1) is 11.3 Å². The van der Waals surface area contributed by atoms with Crippen molar-refractivity contribution in [2.24, 2.45) is 0 Å². The molecule has 0 saturated heterocycles. The lowest BCUT2D eigenvalue weighted by molar-refractivity contribution is -0.144. The van der Waals surface area contributed by atoms with Crippen LogP contribution in [-0.4, -0.2) is 23.7 Å². The van der Waals surface area contributed by atoms with Crippen molar-refractivity contribution < 1.29 is 14.3 Å². The summed E-state index contributed by atoms with van der Waals surface area (Å²) < 4.78 is 4.59. The lowest BCUT2D eigenvalue weighted by Crippen LogP contribution is -2.32. The number of ether oxygens (including phenoxy) is 1. The summed E-state index contributed by atoms with van der Waals surface area (Å²) in [5.41, 5.74) is 0. The molecule has 0 amide bonds. The van der Waals surface area contributed by atoms with E-state index in [-0.39, 0.29) is 19.4 Å². The first-order valence-corrected chi connectivity index (χ1v) is 4.19. The average molecular weight is 204 g/mol. The average Bonchev–Trinajstić information content (AvgIpc) is 2.14. The normalized spacial score (nSPS) is 13.9. The molecular weight excluding hydrogens is 194 g/mol. The van der Waals surface area contributed by atoms with Crippen LogP contribution in [0.1, 0.15) is 19.8 Å². The van der Waals surface area contributed by atoms with E-state index in [0.717, 1.165) is 0 Å². The molecule has 72 valence electrons. The van der Waals surface area contributed by atoms with Gasteiger partial charge in [-0.05, 0) is 13.3 Å². The third kappa shape index (κ3) is 3.43. The monoisotopic (exact) mass is 203 g/mol. The van der Waals surface area contributed by atoms with E-state index in [1.165, 1.54) is 0 Å². The lowest BCUT2D eigenvalue weighted by atomic mass is 10.1. The van der Waals surface area contributed by atoms with Crippen LogP contribution < -0.4 is 0 Å². The molecular formula is C8H10ClNO3. The standard InChI is InChI=1S/C8H10ClNO3/c1-2-13-7(12)8(9,6-10)4-3-5-11/h5H,2-4H2,1H3. The first-order valence-electron chi connectivity index (χ1n) is 3.81. The summed E-state index contributed by atoms with van der Waals surface area (Å²) in [6.07, 6.45) is 0.650. The van der Waals surface area contributed by atoms with Crippen molar-refractivity contribution in [2.45, 2.75) is 24.6 Å². The van der Waals surface area contributed by atoms with Gasteiger partial charge in [-0.25, -0.2) is 4.79 Å². The maximum Gasteiger partial charge on any atom is 0.341 e. The molecule has 0 aliphatic heterocycles. The van der Waals surface area contributed by atoms with Gasteiger partial charge in [-0.1, -0.05) is 11.6 Å². The molecule has 0 spiro atoms. The Morgan fingerprint density at radius 3 is 2.77 bits per heavy atom. The number of aldehydes is 1. The Morgan fingerprint density at radius 2 is 2.38 bits per heavy atom. The zero-order chi connectivity index (χ0) is 10.3. The molecule has 13 heavy (non-hydrogen) atoms. The van der Waals surface area contributed by atoms with Crippen molar-refractivity contribution in [1.82, 2.24) is 0 Å². The number of carbonyl (C=O) groups excluding carboxylic acids is 2. The number of rotatable bonds is 5. The van der Waals surface area contributed by atoms with E-state index in [9.17, 15) is 9.59 Å². The quantitative estimate of drug-likeness (QED) is 0.380. The minimum Gasteiger partial charge on any atom is -0.464 e. The topological polar surface area (TPSA) is 67.2 Å². The Bertz CT molecular complexity index is 236. The van der Waals surface area contributed by atoms with E-state index in [1.807, 2.05) is 0 Å². The van der Waals surface area contributed by atoms with Crippen molar-refractivity contribution in [3.63, 3.8) is 0 Å². The van der Waals surface area contributed by atoms with Crippen molar-refractivity contribution >= 4 is 23.9 Å². The SMILES string of the molecule is CCOC(=O)C(Cl)(C#N)CCC=O. The molecule has 1 atom stereocenters. The van der Waals surface area contributed by atoms with Crippen LogP contribution in [0.15, 0.2) is 0 Å². The lowest BCUT2D eigenvalue weighted by Gasteiger charge is -2.14. The molecule has 0 heterocycles. The molecule has 0 aliphatic carbocycles. The van der Waals surface area contributed by atoms with Crippen LogP contribution in [0.25, 0.3) is 0 Å². The molecule has 4 nitrogen and oxygen atoms in total. The van der Waals surface area contributed by atoms with Crippen LogP contribution >= 0.6 is 11.6 Å². The number of hydrogen-bond acceptors (Lipinski definition) is 4. The van der Waals surface area contributed by atoms with E-state index in [2.05, 4.69) is 4.74 Å². The van der Waals surface area contributed by atoms with E-state index >= 15 is 0 Å². The minimum atomic E-state index is -1.71. The summed E-state index contributed by atoms with van der Waals surface area (Å²) in [5, 5.41) is 8.61. The first-order chi connectivity index (χ1) is 6.10. The molecule has 1 unspecified atom stereocenters. The first kappa shape index (κ1) is 11.9. The third-order valence-corrected chi connectivity index (χ3v) is 1.81. The number of alkyl halides is 1. The summed E-state index contributed by atoms with van der Waals surface area (Å²) in [4.78, 5) is 19.4. The van der Waals surface area contributed by atoms with Crippen LogP contribution in [-0.2, 0) is 14.3 Å². The predicted molar refractivity (Wildman–Crippen MR) is 46.1 cm³/mol. The highest BCUT2D eigenvalue weighted by Crippen LogP contribution is 2.22. The Balaban J connectivity index is 4.35. The summed E-state index contributed by atoms with van der Waals surface area (Å²) in [7, 11) is 0. The molecule has 0 aromatic carbocycles. The second-order valence-corrected chi connectivity index (χ2v) is 2.98. The fraction of sp³-hybridized carbons (Fsp3) is 0.625. The molecule has 0 aliphatic rings. The van der Waals surface area contributed by atoms with Crippen molar-refractivity contribution in [3.8, 4) is 6.07 Å². The zero-order valence-corrected chi connectivity index (χ0v) is 8.00. The molecule has 0 rings (SSSR count). The molecule has 0 bridgehead atoms. The van der Waals surface area contributed by atoms with Gasteiger partial charge in [0.05, 0.1) is 12.7 Å². The van der Waals surface area contributed by atoms with Crippen LogP contribution in [0.3, 0.4) is 0 Å². The van der Waals surface area contributed by atoms with Gasteiger partial charge in [0.25, 0.3) is 0 Å². The summed E-state index contributed by atoms with van der Waals surface area (Å²) in [5.74, 6) is -0.791. The Labute approximate surface area is 81.4 Å². The van der Waals surface area contributed by atoms with Crippen molar-refractivity contribution in [3.05, 3.63) is 0 Å². The molecule has 0 saturated carbocycles. The summed E-state index contributed by atoms with van der Waals surface area (Å²) in [6, 6.07) is 1.63. The minimum absolute atomic E-state index is 0.0204. The molecule has 0 N–H and O–H groups in total. The zero-order valence-electron chi connectivity index (χ0n) is 7.25. The van der Waals surface area contributed by atoms with Gasteiger partial charge in [0.1, 0.15) is 6.29 Å². The van der Waals surface area contributed by atoms with Gasteiger partial charge in [-0.3, -0.25) is 0 Å².